The Morgan fingerprint density at radius 3 is 2.33 bits per heavy atom. The number of ether oxygens (including phenoxy) is 2. The molecule has 0 aliphatic carbocycles. The highest BCUT2D eigenvalue weighted by Gasteiger charge is 2.54. The van der Waals surface area contributed by atoms with Crippen molar-refractivity contribution in [1.29, 1.82) is 0 Å². The monoisotopic (exact) mass is 567 g/mol. The number of methoxy groups -OCH3 is 1. The van der Waals surface area contributed by atoms with Crippen LogP contribution in [-0.4, -0.2) is 42.3 Å². The number of fused-ring (bicyclic) bond motifs is 4. The number of benzene rings is 2. The Labute approximate surface area is 254 Å². The first-order valence-corrected chi connectivity index (χ1v) is 15.7. The van der Waals surface area contributed by atoms with Crippen molar-refractivity contribution in [1.82, 2.24) is 4.98 Å². The molecule has 224 valence electrons. The molecular weight excluding hydrogens is 516 g/mol. The molecule has 1 aromatic heterocycles. The predicted molar refractivity (Wildman–Crippen MR) is 175 cm³/mol. The zero-order valence-corrected chi connectivity index (χ0v) is 27.0. The average Bonchev–Trinajstić information content (AvgIpc) is 2.96. The first kappa shape index (κ1) is 30.5. The minimum atomic E-state index is -0.0492. The molecule has 42 heavy (non-hydrogen) atoms. The van der Waals surface area contributed by atoms with Crippen molar-refractivity contribution < 1.29 is 14.0 Å². The molecule has 3 aliphatic heterocycles. The van der Waals surface area contributed by atoms with Gasteiger partial charge in [-0.3, -0.25) is 4.98 Å². The molecule has 0 amide bonds. The Bertz CT molecular complexity index is 1410. The molecule has 5 atom stereocenters. The lowest BCUT2D eigenvalue weighted by molar-refractivity contribution is -0.985. The van der Waals surface area contributed by atoms with E-state index in [1.807, 2.05) is 19.4 Å². The summed E-state index contributed by atoms with van der Waals surface area (Å²) in [4.78, 5) is 4.68. The van der Waals surface area contributed by atoms with Crippen LogP contribution < -0.4 is 4.74 Å². The molecule has 2 bridgehead atoms. The van der Waals surface area contributed by atoms with E-state index < -0.39 is 0 Å². The van der Waals surface area contributed by atoms with E-state index in [9.17, 15) is 0 Å². The van der Waals surface area contributed by atoms with Gasteiger partial charge in [-0.2, -0.15) is 0 Å². The number of hydrogen-bond donors (Lipinski definition) is 0. The second-order valence-corrected chi connectivity index (χ2v) is 14.7. The molecule has 0 N–H and O–H groups in total. The highest BCUT2D eigenvalue weighted by molar-refractivity contribution is 5.82. The molecule has 0 saturated carbocycles. The molecule has 2 aromatic carbocycles. The van der Waals surface area contributed by atoms with E-state index in [2.05, 4.69) is 108 Å². The fourth-order valence-corrected chi connectivity index (χ4v) is 7.79. The summed E-state index contributed by atoms with van der Waals surface area (Å²) >= 11 is 0. The molecule has 3 aromatic rings. The van der Waals surface area contributed by atoms with Gasteiger partial charge in [0, 0.05) is 47.0 Å². The van der Waals surface area contributed by atoms with E-state index in [1.54, 1.807) is 0 Å². The SMILES string of the molecule is C=CCO[C@@H](c1ccnc2ccccc12)[C@H]1CC2CC[N+]1(Cc1cc(C(C)(C)C)c(OC)c(C(C)(C)C)c1)C[C@@H]2C=C. The number of nitrogens with zero attached hydrogens (tertiary/aromatic N) is 2. The van der Waals surface area contributed by atoms with Crippen molar-refractivity contribution in [3.8, 4) is 5.75 Å². The summed E-state index contributed by atoms with van der Waals surface area (Å²) < 4.78 is 13.9. The summed E-state index contributed by atoms with van der Waals surface area (Å²) in [6, 6.07) is 15.9. The Morgan fingerprint density at radius 1 is 1.02 bits per heavy atom. The summed E-state index contributed by atoms with van der Waals surface area (Å²) in [5, 5.41) is 1.18. The largest absolute Gasteiger partial charge is 0.496 e. The molecule has 3 saturated heterocycles. The number of para-hydroxylation sites is 1. The summed E-state index contributed by atoms with van der Waals surface area (Å²) in [5.41, 5.74) is 6.15. The molecule has 3 aliphatic rings. The molecular formula is C38H51N2O2+. The molecule has 0 radical (unpaired) electrons. The van der Waals surface area contributed by atoms with Gasteiger partial charge in [0.15, 0.2) is 0 Å². The van der Waals surface area contributed by atoms with Crippen LogP contribution in [0, 0.1) is 11.8 Å². The Kier molecular flexibility index (Phi) is 8.44. The van der Waals surface area contributed by atoms with Gasteiger partial charge in [-0.05, 0) is 46.6 Å². The Balaban J connectivity index is 1.66. The molecule has 4 nitrogen and oxygen atoms in total. The van der Waals surface area contributed by atoms with Crippen LogP contribution >= 0.6 is 0 Å². The van der Waals surface area contributed by atoms with Crippen molar-refractivity contribution >= 4 is 10.9 Å². The zero-order chi connectivity index (χ0) is 30.3. The van der Waals surface area contributed by atoms with Gasteiger partial charge in [-0.1, -0.05) is 71.9 Å². The van der Waals surface area contributed by atoms with Crippen LogP contribution in [0.3, 0.4) is 0 Å². The predicted octanol–water partition coefficient (Wildman–Crippen LogP) is 8.69. The van der Waals surface area contributed by atoms with Gasteiger partial charge in [0.05, 0.1) is 32.3 Å². The fourth-order valence-electron chi connectivity index (χ4n) is 7.79. The highest BCUT2D eigenvalue weighted by atomic mass is 16.5. The van der Waals surface area contributed by atoms with Gasteiger partial charge in [0.25, 0.3) is 0 Å². The first-order chi connectivity index (χ1) is 19.9. The minimum Gasteiger partial charge on any atom is -0.496 e. The van der Waals surface area contributed by atoms with Gasteiger partial charge in [-0.25, -0.2) is 0 Å². The minimum absolute atomic E-state index is 0.0368. The van der Waals surface area contributed by atoms with Gasteiger partial charge in [0.2, 0.25) is 0 Å². The summed E-state index contributed by atoms with van der Waals surface area (Å²) in [5.74, 6) is 2.19. The normalized spacial score (nSPS) is 24.9. The van der Waals surface area contributed by atoms with Gasteiger partial charge in [0.1, 0.15) is 24.4 Å². The lowest BCUT2D eigenvalue weighted by atomic mass is 9.70. The number of quaternary nitrogens is 1. The topological polar surface area (TPSA) is 31.4 Å². The third-order valence-corrected chi connectivity index (χ3v) is 9.87. The lowest BCUT2D eigenvalue weighted by Gasteiger charge is -2.58. The van der Waals surface area contributed by atoms with E-state index >= 15 is 0 Å². The number of aromatic nitrogens is 1. The van der Waals surface area contributed by atoms with Crippen LogP contribution in [0.2, 0.25) is 0 Å². The number of rotatable bonds is 9. The molecule has 2 unspecified atom stereocenters. The van der Waals surface area contributed by atoms with E-state index in [1.165, 1.54) is 34.1 Å². The van der Waals surface area contributed by atoms with Crippen molar-refractivity contribution in [2.45, 2.75) is 83.9 Å². The summed E-state index contributed by atoms with van der Waals surface area (Å²) in [7, 11) is 1.82. The highest BCUT2D eigenvalue weighted by Crippen LogP contribution is 2.50. The van der Waals surface area contributed by atoms with Gasteiger partial charge >= 0.3 is 0 Å². The lowest BCUT2D eigenvalue weighted by Crippen LogP contribution is -2.67. The van der Waals surface area contributed by atoms with Crippen LogP contribution in [0.25, 0.3) is 10.9 Å². The Morgan fingerprint density at radius 2 is 1.71 bits per heavy atom. The van der Waals surface area contributed by atoms with Crippen molar-refractivity contribution in [2.75, 3.05) is 26.8 Å². The second kappa shape index (κ2) is 11.6. The van der Waals surface area contributed by atoms with Crippen LogP contribution in [0.15, 0.2) is 74.0 Å². The van der Waals surface area contributed by atoms with Gasteiger partial charge in [-0.15, -0.1) is 13.2 Å². The number of hydrogen-bond acceptors (Lipinski definition) is 3. The third-order valence-electron chi connectivity index (χ3n) is 9.87. The third kappa shape index (κ3) is 5.68. The smallest absolute Gasteiger partial charge is 0.135 e. The first-order valence-electron chi connectivity index (χ1n) is 15.7. The molecule has 4 heterocycles. The van der Waals surface area contributed by atoms with Crippen LogP contribution in [0.5, 0.6) is 5.75 Å². The summed E-state index contributed by atoms with van der Waals surface area (Å²) in [6.45, 7) is 25.8. The van der Waals surface area contributed by atoms with Crippen molar-refractivity contribution in [2.24, 2.45) is 11.8 Å². The van der Waals surface area contributed by atoms with Crippen LogP contribution in [0.4, 0.5) is 0 Å². The van der Waals surface area contributed by atoms with Crippen molar-refractivity contribution in [3.05, 3.63) is 96.2 Å². The maximum Gasteiger partial charge on any atom is 0.135 e. The zero-order valence-electron chi connectivity index (χ0n) is 27.0. The number of piperidine rings is 3. The van der Waals surface area contributed by atoms with Crippen LogP contribution in [-0.2, 0) is 22.1 Å². The van der Waals surface area contributed by atoms with E-state index in [0.717, 1.165) is 41.8 Å². The van der Waals surface area contributed by atoms with E-state index in [-0.39, 0.29) is 16.9 Å². The molecule has 0 spiro atoms. The maximum atomic E-state index is 6.79. The van der Waals surface area contributed by atoms with Crippen molar-refractivity contribution in [3.63, 3.8) is 0 Å². The van der Waals surface area contributed by atoms with Crippen LogP contribution in [0.1, 0.15) is 82.7 Å². The summed E-state index contributed by atoms with van der Waals surface area (Å²) in [6.07, 6.45) is 8.37. The maximum absolute atomic E-state index is 6.79. The second-order valence-electron chi connectivity index (χ2n) is 14.7. The Hall–Kier alpha value is -2.95. The van der Waals surface area contributed by atoms with Gasteiger partial charge < -0.3 is 14.0 Å². The fraction of sp³-hybridized carbons (Fsp3) is 0.500. The van der Waals surface area contributed by atoms with E-state index in [0.29, 0.717) is 24.5 Å². The molecule has 4 heteroatoms. The standard InChI is InChI=1S/C38H51N2O2/c1-10-20-42-35(30-16-18-39-33-15-13-12-14-29(30)33)34-23-28-17-19-40(34,25-27(28)11-2)24-26-21-31(37(3,4)5)36(41-9)32(22-26)38(6,7)8/h10-16,18,21-22,27-28,34-35H,1-2,17,19-20,23-25H2,3-9H3/q+1/t27-,28?,34+,35-,40?/m0/s1. The molecule has 6 rings (SSSR count). The number of pyridine rings is 1. The molecule has 3 fully saturated rings. The van der Waals surface area contributed by atoms with E-state index in [4.69, 9.17) is 9.47 Å². The average molecular weight is 568 g/mol. The quantitative estimate of drug-likeness (QED) is 0.191.